The van der Waals surface area contributed by atoms with Crippen molar-refractivity contribution >= 4 is 6.09 Å². The summed E-state index contributed by atoms with van der Waals surface area (Å²) in [6.07, 6.45) is 25.3. The third-order valence-corrected chi connectivity index (χ3v) is 5.96. The van der Waals surface area contributed by atoms with Gasteiger partial charge in [-0.15, -0.1) is 0 Å². The molecule has 0 N–H and O–H groups in total. The van der Waals surface area contributed by atoms with Crippen molar-refractivity contribution in [2.24, 2.45) is 0 Å². The van der Waals surface area contributed by atoms with E-state index in [0.717, 1.165) is 25.9 Å². The molecule has 186 valence electrons. The van der Waals surface area contributed by atoms with E-state index < -0.39 is 5.60 Å². The maximum absolute atomic E-state index is 12.4. The van der Waals surface area contributed by atoms with Gasteiger partial charge in [-0.05, 0) is 33.6 Å². The number of carbonyl (C=O) groups is 1. The lowest BCUT2D eigenvalue weighted by atomic mass is 10.0. The van der Waals surface area contributed by atoms with E-state index in [0.29, 0.717) is 0 Å². The minimum absolute atomic E-state index is 0.135. The molecule has 0 radical (unpaired) electrons. The molecule has 0 rings (SSSR count). The maximum atomic E-state index is 12.4. The van der Waals surface area contributed by atoms with Crippen molar-refractivity contribution in [3.63, 3.8) is 0 Å². The van der Waals surface area contributed by atoms with Crippen molar-refractivity contribution in [3.05, 3.63) is 0 Å². The molecule has 1 amide bonds. The van der Waals surface area contributed by atoms with Crippen LogP contribution in [0, 0.1) is 0 Å². The molecule has 3 heteroatoms. The Balaban J connectivity index is 3.62. The summed E-state index contributed by atoms with van der Waals surface area (Å²) in [7, 11) is 0. The second-order valence-corrected chi connectivity index (χ2v) is 10.5. The summed E-state index contributed by atoms with van der Waals surface area (Å²) in [5.74, 6) is 0. The zero-order valence-electron chi connectivity index (χ0n) is 22.1. The first-order valence-electron chi connectivity index (χ1n) is 13.9. The first-order valence-corrected chi connectivity index (χ1v) is 13.9. The van der Waals surface area contributed by atoms with Crippen LogP contribution in [0.3, 0.4) is 0 Å². The fourth-order valence-electron chi connectivity index (χ4n) is 4.02. The molecule has 0 atom stereocenters. The van der Waals surface area contributed by atoms with Crippen LogP contribution in [0.25, 0.3) is 0 Å². The molecule has 0 saturated carbocycles. The Labute approximate surface area is 196 Å². The summed E-state index contributed by atoms with van der Waals surface area (Å²) in [4.78, 5) is 14.4. The number of nitrogens with zero attached hydrogens (tertiary/aromatic N) is 1. The average molecular weight is 440 g/mol. The molecular weight excluding hydrogens is 382 g/mol. The van der Waals surface area contributed by atoms with Gasteiger partial charge < -0.3 is 9.64 Å². The molecular formula is C28H57NO2. The predicted molar refractivity (Wildman–Crippen MR) is 137 cm³/mol. The summed E-state index contributed by atoms with van der Waals surface area (Å²) in [6, 6.07) is 0. The molecule has 0 unspecified atom stereocenters. The van der Waals surface area contributed by atoms with Crippen molar-refractivity contribution in [2.45, 2.75) is 162 Å². The van der Waals surface area contributed by atoms with Crippen LogP contribution >= 0.6 is 0 Å². The van der Waals surface area contributed by atoms with Crippen LogP contribution in [0.4, 0.5) is 4.79 Å². The first-order chi connectivity index (χ1) is 14.9. The number of ether oxygens (including phenoxy) is 1. The Morgan fingerprint density at radius 1 is 0.548 bits per heavy atom. The van der Waals surface area contributed by atoms with E-state index >= 15 is 0 Å². The largest absolute Gasteiger partial charge is 0.444 e. The lowest BCUT2D eigenvalue weighted by Gasteiger charge is -2.27. The van der Waals surface area contributed by atoms with Gasteiger partial charge in [0, 0.05) is 13.1 Å². The molecule has 0 heterocycles. The molecule has 0 aliphatic heterocycles. The Hall–Kier alpha value is -0.730. The van der Waals surface area contributed by atoms with E-state index in [2.05, 4.69) is 13.8 Å². The summed E-state index contributed by atoms with van der Waals surface area (Å²) in [5.41, 5.74) is -0.408. The van der Waals surface area contributed by atoms with Gasteiger partial charge in [0.25, 0.3) is 0 Å². The molecule has 3 nitrogen and oxygen atoms in total. The van der Waals surface area contributed by atoms with Crippen LogP contribution in [-0.2, 0) is 4.74 Å². The van der Waals surface area contributed by atoms with Crippen LogP contribution < -0.4 is 0 Å². The van der Waals surface area contributed by atoms with Gasteiger partial charge in [0.05, 0.1) is 0 Å². The van der Waals surface area contributed by atoms with Crippen LogP contribution in [0.15, 0.2) is 0 Å². The van der Waals surface area contributed by atoms with Gasteiger partial charge in [-0.3, -0.25) is 0 Å². The number of rotatable bonds is 21. The SMILES string of the molecule is CCCCCCCCCCCCCCCCCCN(CCCCC)C(=O)OC(C)(C)C. The zero-order valence-corrected chi connectivity index (χ0v) is 22.1. The topological polar surface area (TPSA) is 29.5 Å². The third kappa shape index (κ3) is 22.3. The van der Waals surface area contributed by atoms with Crippen LogP contribution in [0.5, 0.6) is 0 Å². The van der Waals surface area contributed by atoms with Gasteiger partial charge in [0.1, 0.15) is 5.60 Å². The molecule has 0 fully saturated rings. The van der Waals surface area contributed by atoms with Crippen LogP contribution in [0.1, 0.15) is 157 Å². The van der Waals surface area contributed by atoms with Gasteiger partial charge in [-0.25, -0.2) is 4.79 Å². The highest BCUT2D eigenvalue weighted by Crippen LogP contribution is 2.15. The zero-order chi connectivity index (χ0) is 23.2. The highest BCUT2D eigenvalue weighted by atomic mass is 16.6. The maximum Gasteiger partial charge on any atom is 0.410 e. The minimum atomic E-state index is -0.408. The second-order valence-electron chi connectivity index (χ2n) is 10.5. The highest BCUT2D eigenvalue weighted by molar-refractivity contribution is 5.68. The number of hydrogen-bond donors (Lipinski definition) is 0. The smallest absolute Gasteiger partial charge is 0.410 e. The fourth-order valence-corrected chi connectivity index (χ4v) is 4.02. The van der Waals surface area contributed by atoms with Gasteiger partial charge in [0.15, 0.2) is 0 Å². The molecule has 0 aliphatic carbocycles. The van der Waals surface area contributed by atoms with Crippen molar-refractivity contribution < 1.29 is 9.53 Å². The Kier molecular flexibility index (Phi) is 20.6. The Bertz CT molecular complexity index is 389. The standard InChI is InChI=1S/C28H57NO2/c1-6-8-10-11-12-13-14-15-16-17-18-19-20-21-22-24-26-29(25-23-9-7-2)27(30)31-28(3,4)5/h6-26H2,1-5H3. The van der Waals surface area contributed by atoms with Gasteiger partial charge in [0.2, 0.25) is 0 Å². The molecule has 0 aromatic rings. The monoisotopic (exact) mass is 439 g/mol. The average Bonchev–Trinajstić information content (AvgIpc) is 2.71. The molecule has 0 bridgehead atoms. The number of amides is 1. The summed E-state index contributed by atoms with van der Waals surface area (Å²) < 4.78 is 5.60. The van der Waals surface area contributed by atoms with Crippen LogP contribution in [-0.4, -0.2) is 29.7 Å². The highest BCUT2D eigenvalue weighted by Gasteiger charge is 2.21. The first kappa shape index (κ1) is 30.3. The summed E-state index contributed by atoms with van der Waals surface area (Å²) >= 11 is 0. The van der Waals surface area contributed by atoms with E-state index in [4.69, 9.17) is 4.74 Å². The summed E-state index contributed by atoms with van der Waals surface area (Å²) in [5, 5.41) is 0. The van der Waals surface area contributed by atoms with Gasteiger partial charge in [-0.2, -0.15) is 0 Å². The summed E-state index contributed by atoms with van der Waals surface area (Å²) in [6.45, 7) is 12.0. The predicted octanol–water partition coefficient (Wildman–Crippen LogP) is 9.68. The van der Waals surface area contributed by atoms with E-state index in [1.54, 1.807) is 0 Å². The van der Waals surface area contributed by atoms with E-state index in [-0.39, 0.29) is 6.09 Å². The second kappa shape index (κ2) is 21.1. The number of unbranched alkanes of at least 4 members (excludes halogenated alkanes) is 17. The van der Waals surface area contributed by atoms with Crippen molar-refractivity contribution in [1.82, 2.24) is 4.90 Å². The quantitative estimate of drug-likeness (QED) is 0.167. The Morgan fingerprint density at radius 2 is 0.839 bits per heavy atom. The lowest BCUT2D eigenvalue weighted by molar-refractivity contribution is 0.0243. The van der Waals surface area contributed by atoms with Gasteiger partial charge >= 0.3 is 6.09 Å². The fraction of sp³-hybridized carbons (Fsp3) is 0.964. The van der Waals surface area contributed by atoms with E-state index in [9.17, 15) is 4.79 Å². The molecule has 31 heavy (non-hydrogen) atoms. The minimum Gasteiger partial charge on any atom is -0.444 e. The van der Waals surface area contributed by atoms with Crippen molar-refractivity contribution in [2.75, 3.05) is 13.1 Å². The number of hydrogen-bond acceptors (Lipinski definition) is 2. The normalized spacial score (nSPS) is 11.6. The lowest BCUT2D eigenvalue weighted by Crippen LogP contribution is -2.38. The third-order valence-electron chi connectivity index (χ3n) is 5.96. The van der Waals surface area contributed by atoms with Gasteiger partial charge in [-0.1, -0.05) is 123 Å². The van der Waals surface area contributed by atoms with E-state index in [1.807, 2.05) is 25.7 Å². The molecule has 0 spiro atoms. The van der Waals surface area contributed by atoms with E-state index in [1.165, 1.54) is 109 Å². The molecule has 0 aliphatic rings. The molecule has 0 aromatic heterocycles. The Morgan fingerprint density at radius 3 is 1.19 bits per heavy atom. The number of carbonyl (C=O) groups excluding carboxylic acids is 1. The van der Waals surface area contributed by atoms with Crippen molar-refractivity contribution in [3.8, 4) is 0 Å². The van der Waals surface area contributed by atoms with Crippen LogP contribution in [0.2, 0.25) is 0 Å². The van der Waals surface area contributed by atoms with Crippen molar-refractivity contribution in [1.29, 1.82) is 0 Å². The molecule has 0 saturated heterocycles. The molecule has 0 aromatic carbocycles.